The van der Waals surface area contributed by atoms with Crippen LogP contribution in [0, 0.1) is 12.0 Å². The SMILES string of the molecule is [CH-]=CC=CC(CCCC)(CCCC)CCCC.[Ru+]. The van der Waals surface area contributed by atoms with Crippen molar-refractivity contribution in [3.05, 3.63) is 24.8 Å². The van der Waals surface area contributed by atoms with Crippen LogP contribution in [0.1, 0.15) is 78.6 Å². The second-order valence-electron chi connectivity index (χ2n) is 5.22. The molecule has 0 aromatic carbocycles. The number of unbranched alkanes of at least 4 members (excludes halogenated alkanes) is 3. The van der Waals surface area contributed by atoms with Gasteiger partial charge in [0.2, 0.25) is 0 Å². The third kappa shape index (κ3) is 9.09. The number of rotatable bonds is 11. The van der Waals surface area contributed by atoms with E-state index >= 15 is 0 Å². The Labute approximate surface area is 128 Å². The smallest absolute Gasteiger partial charge is 0.293 e. The third-order valence-electron chi connectivity index (χ3n) is 3.65. The van der Waals surface area contributed by atoms with Gasteiger partial charge in [-0.1, -0.05) is 59.3 Å². The fraction of sp³-hybridized carbons (Fsp3) is 0.765. The predicted octanol–water partition coefficient (Wildman–Crippen LogP) is 6.09. The first-order valence-corrected chi connectivity index (χ1v) is 7.47. The van der Waals surface area contributed by atoms with Crippen molar-refractivity contribution in [2.24, 2.45) is 5.41 Å². The Hall–Kier alpha value is 0.103. The van der Waals surface area contributed by atoms with Gasteiger partial charge in [0.1, 0.15) is 0 Å². The van der Waals surface area contributed by atoms with Gasteiger partial charge in [-0.15, -0.1) is 0 Å². The molecule has 0 fully saturated rings. The monoisotopic (exact) mass is 337 g/mol. The van der Waals surface area contributed by atoms with Crippen molar-refractivity contribution in [2.45, 2.75) is 78.6 Å². The van der Waals surface area contributed by atoms with Crippen molar-refractivity contribution in [2.75, 3.05) is 0 Å². The van der Waals surface area contributed by atoms with Crippen LogP contribution in [0.15, 0.2) is 18.2 Å². The molecule has 0 aliphatic carbocycles. The second kappa shape index (κ2) is 13.5. The summed E-state index contributed by atoms with van der Waals surface area (Å²) in [5, 5.41) is 0. The molecular formula is C17H31Ru. The molecule has 1 heteroatoms. The minimum absolute atomic E-state index is 0. The molecular weight excluding hydrogens is 305 g/mol. The molecule has 18 heavy (non-hydrogen) atoms. The van der Waals surface area contributed by atoms with E-state index < -0.39 is 0 Å². The first-order valence-electron chi connectivity index (χ1n) is 7.47. The minimum atomic E-state index is 0. The zero-order valence-electron chi connectivity index (χ0n) is 12.5. The minimum Gasteiger partial charge on any atom is -0.293 e. The fourth-order valence-electron chi connectivity index (χ4n) is 2.47. The van der Waals surface area contributed by atoms with Gasteiger partial charge in [-0.25, -0.2) is 12.2 Å². The Morgan fingerprint density at radius 2 is 1.22 bits per heavy atom. The van der Waals surface area contributed by atoms with E-state index in [1.165, 1.54) is 57.8 Å². The van der Waals surface area contributed by atoms with Gasteiger partial charge in [0.15, 0.2) is 0 Å². The van der Waals surface area contributed by atoms with Gasteiger partial charge in [-0.3, -0.25) is 6.58 Å². The summed E-state index contributed by atoms with van der Waals surface area (Å²) >= 11 is 0. The standard InChI is InChI=1S/C17H31.Ru/c1-5-9-13-17(14-10-6-2,15-11-7-3)16-12-8-4;/h1,5,9,13H,6-8,10-12,14-16H2,2-4H3;/q-1;+1. The molecule has 0 saturated heterocycles. The van der Waals surface area contributed by atoms with E-state index in [9.17, 15) is 0 Å². The molecule has 0 saturated carbocycles. The number of hydrogen-bond acceptors (Lipinski definition) is 0. The fourth-order valence-corrected chi connectivity index (χ4v) is 2.47. The molecule has 0 aliphatic heterocycles. The summed E-state index contributed by atoms with van der Waals surface area (Å²) in [4.78, 5) is 0. The van der Waals surface area contributed by atoms with Gasteiger partial charge in [-0.2, -0.15) is 6.08 Å². The van der Waals surface area contributed by atoms with Crippen LogP contribution in [-0.4, -0.2) is 0 Å². The third-order valence-corrected chi connectivity index (χ3v) is 3.65. The van der Waals surface area contributed by atoms with Crippen molar-refractivity contribution in [3.63, 3.8) is 0 Å². The first kappa shape index (κ1) is 20.4. The summed E-state index contributed by atoms with van der Waals surface area (Å²) in [5.41, 5.74) is 0.415. The predicted molar refractivity (Wildman–Crippen MR) is 79.0 cm³/mol. The first-order chi connectivity index (χ1) is 8.24. The summed E-state index contributed by atoms with van der Waals surface area (Å²) in [6.45, 7) is 12.4. The van der Waals surface area contributed by atoms with Gasteiger partial charge in [0.25, 0.3) is 0 Å². The van der Waals surface area contributed by atoms with Gasteiger partial charge < -0.3 is 0 Å². The molecule has 0 amide bonds. The summed E-state index contributed by atoms with van der Waals surface area (Å²) in [7, 11) is 0. The van der Waals surface area contributed by atoms with E-state index in [0.717, 1.165) is 0 Å². The molecule has 0 N–H and O–H groups in total. The Bertz CT molecular complexity index is 184. The molecule has 107 valence electrons. The maximum absolute atomic E-state index is 5.51. The van der Waals surface area contributed by atoms with E-state index in [0.29, 0.717) is 5.41 Å². The molecule has 0 heterocycles. The Balaban J connectivity index is 0. The summed E-state index contributed by atoms with van der Waals surface area (Å²) in [6.07, 6.45) is 18.0. The normalized spacial score (nSPS) is 11.5. The van der Waals surface area contributed by atoms with Crippen LogP contribution in [0.5, 0.6) is 0 Å². The number of allylic oxidation sites excluding steroid dienone is 3. The van der Waals surface area contributed by atoms with Crippen LogP contribution in [0.4, 0.5) is 0 Å². The molecule has 0 aromatic rings. The van der Waals surface area contributed by atoms with Crippen LogP contribution < -0.4 is 0 Å². The molecule has 0 rings (SSSR count). The van der Waals surface area contributed by atoms with E-state index in [-0.39, 0.29) is 19.5 Å². The van der Waals surface area contributed by atoms with E-state index in [4.69, 9.17) is 6.58 Å². The van der Waals surface area contributed by atoms with E-state index in [2.05, 4.69) is 32.9 Å². The quantitative estimate of drug-likeness (QED) is 0.243. The summed E-state index contributed by atoms with van der Waals surface area (Å²) in [6, 6.07) is 0. The molecule has 0 nitrogen and oxygen atoms in total. The van der Waals surface area contributed by atoms with Crippen molar-refractivity contribution >= 4 is 0 Å². The van der Waals surface area contributed by atoms with Gasteiger partial charge >= 0.3 is 19.5 Å². The summed E-state index contributed by atoms with van der Waals surface area (Å²) < 4.78 is 0. The number of hydrogen-bond donors (Lipinski definition) is 0. The topological polar surface area (TPSA) is 0 Å². The van der Waals surface area contributed by atoms with Crippen LogP contribution in [0.2, 0.25) is 0 Å². The largest absolute Gasteiger partial charge is 1.00 e. The van der Waals surface area contributed by atoms with Crippen molar-refractivity contribution in [3.8, 4) is 0 Å². The zero-order chi connectivity index (χ0) is 13.0. The van der Waals surface area contributed by atoms with E-state index in [1.807, 2.05) is 0 Å². The van der Waals surface area contributed by atoms with Crippen LogP contribution in [-0.2, 0) is 19.5 Å². The summed E-state index contributed by atoms with van der Waals surface area (Å²) in [5.74, 6) is 0. The van der Waals surface area contributed by atoms with Crippen molar-refractivity contribution < 1.29 is 19.5 Å². The second-order valence-corrected chi connectivity index (χ2v) is 5.22. The molecule has 0 spiro atoms. The van der Waals surface area contributed by atoms with Crippen molar-refractivity contribution in [1.29, 1.82) is 0 Å². The van der Waals surface area contributed by atoms with E-state index in [1.54, 1.807) is 6.08 Å². The molecule has 1 radical (unpaired) electrons. The Morgan fingerprint density at radius 1 is 0.833 bits per heavy atom. The molecule has 0 aromatic heterocycles. The zero-order valence-corrected chi connectivity index (χ0v) is 14.3. The van der Waals surface area contributed by atoms with Crippen LogP contribution in [0.3, 0.4) is 0 Å². The Morgan fingerprint density at radius 3 is 1.50 bits per heavy atom. The van der Waals surface area contributed by atoms with Gasteiger partial charge in [-0.05, 0) is 24.7 Å². The maximum atomic E-state index is 5.51. The van der Waals surface area contributed by atoms with Crippen LogP contribution >= 0.6 is 0 Å². The Kier molecular flexibility index (Phi) is 15.4. The van der Waals surface area contributed by atoms with Crippen molar-refractivity contribution in [1.82, 2.24) is 0 Å². The van der Waals surface area contributed by atoms with Crippen LogP contribution in [0.25, 0.3) is 0 Å². The maximum Gasteiger partial charge on any atom is 1.00 e. The average molecular weight is 337 g/mol. The molecule has 0 unspecified atom stereocenters. The van der Waals surface area contributed by atoms with Gasteiger partial charge in [0, 0.05) is 0 Å². The molecule has 0 bridgehead atoms. The molecule has 0 atom stereocenters. The average Bonchev–Trinajstić information content (AvgIpc) is 2.37. The van der Waals surface area contributed by atoms with Gasteiger partial charge in [0.05, 0.1) is 0 Å². The molecule has 0 aliphatic rings.